The van der Waals surface area contributed by atoms with Crippen molar-refractivity contribution < 1.29 is 4.42 Å². The van der Waals surface area contributed by atoms with Gasteiger partial charge in [0.15, 0.2) is 0 Å². The Balaban J connectivity index is 1.89. The van der Waals surface area contributed by atoms with Crippen LogP contribution in [0.5, 0.6) is 0 Å². The standard InChI is InChI=1S/C17H24N2O/c1-12-7-13(2)10-19(9-12)11-15-14-5-3-4-6-16(14)20-17(15)8-18/h3-6,12-13H,7-11,18H2,1-2H3. The lowest BCUT2D eigenvalue weighted by atomic mass is 9.91. The molecule has 2 unspecified atom stereocenters. The molecule has 2 atom stereocenters. The minimum atomic E-state index is 0.475. The van der Waals surface area contributed by atoms with Gasteiger partial charge in [-0.05, 0) is 24.3 Å². The Kier molecular flexibility index (Phi) is 3.81. The van der Waals surface area contributed by atoms with Crippen molar-refractivity contribution in [2.75, 3.05) is 13.1 Å². The van der Waals surface area contributed by atoms with Gasteiger partial charge < -0.3 is 10.2 Å². The fourth-order valence-corrected chi connectivity index (χ4v) is 3.63. The lowest BCUT2D eigenvalue weighted by molar-refractivity contribution is 0.134. The Morgan fingerprint density at radius 1 is 1.20 bits per heavy atom. The number of nitrogens with zero attached hydrogens (tertiary/aromatic N) is 1. The molecule has 2 heterocycles. The van der Waals surface area contributed by atoms with Crippen LogP contribution in [-0.2, 0) is 13.1 Å². The molecule has 1 aliphatic heterocycles. The first-order valence-corrected chi connectivity index (χ1v) is 7.59. The van der Waals surface area contributed by atoms with E-state index in [1.807, 2.05) is 12.1 Å². The van der Waals surface area contributed by atoms with Crippen LogP contribution in [0.25, 0.3) is 11.0 Å². The quantitative estimate of drug-likeness (QED) is 0.931. The largest absolute Gasteiger partial charge is 0.459 e. The molecule has 3 rings (SSSR count). The zero-order valence-corrected chi connectivity index (χ0v) is 12.4. The van der Waals surface area contributed by atoms with Crippen LogP contribution in [-0.4, -0.2) is 18.0 Å². The van der Waals surface area contributed by atoms with Gasteiger partial charge in [-0.2, -0.15) is 0 Å². The predicted octanol–water partition coefficient (Wildman–Crippen LogP) is 3.37. The summed E-state index contributed by atoms with van der Waals surface area (Å²) in [5, 5.41) is 1.22. The second kappa shape index (κ2) is 5.58. The molecular formula is C17H24N2O. The van der Waals surface area contributed by atoms with Gasteiger partial charge in [-0.15, -0.1) is 0 Å². The molecule has 0 radical (unpaired) electrons. The average molecular weight is 272 g/mol. The fraction of sp³-hybridized carbons (Fsp3) is 0.529. The smallest absolute Gasteiger partial charge is 0.134 e. The van der Waals surface area contributed by atoms with Gasteiger partial charge in [0.2, 0.25) is 0 Å². The van der Waals surface area contributed by atoms with E-state index in [-0.39, 0.29) is 0 Å². The van der Waals surface area contributed by atoms with Crippen LogP contribution in [0.1, 0.15) is 31.6 Å². The first-order valence-electron chi connectivity index (χ1n) is 7.59. The van der Waals surface area contributed by atoms with Gasteiger partial charge in [0, 0.05) is 30.6 Å². The highest BCUT2D eigenvalue weighted by atomic mass is 16.3. The highest BCUT2D eigenvalue weighted by Gasteiger charge is 2.24. The number of piperidine rings is 1. The Bertz CT molecular complexity index is 580. The lowest BCUT2D eigenvalue weighted by Gasteiger charge is -2.34. The van der Waals surface area contributed by atoms with Gasteiger partial charge in [-0.25, -0.2) is 0 Å². The third-order valence-electron chi connectivity index (χ3n) is 4.29. The molecule has 0 bridgehead atoms. The summed E-state index contributed by atoms with van der Waals surface area (Å²) in [4.78, 5) is 2.55. The number of hydrogen-bond donors (Lipinski definition) is 1. The SMILES string of the molecule is CC1CC(C)CN(Cc2c(CN)oc3ccccc23)C1. The molecule has 20 heavy (non-hydrogen) atoms. The molecule has 2 N–H and O–H groups in total. The minimum Gasteiger partial charge on any atom is -0.459 e. The van der Waals surface area contributed by atoms with Crippen LogP contribution in [0.2, 0.25) is 0 Å². The topological polar surface area (TPSA) is 42.4 Å². The summed E-state index contributed by atoms with van der Waals surface area (Å²) in [5.74, 6) is 2.49. The van der Waals surface area contributed by atoms with E-state index >= 15 is 0 Å². The second-order valence-electron chi connectivity index (χ2n) is 6.34. The normalized spacial score (nSPS) is 24.4. The monoisotopic (exact) mass is 272 g/mol. The van der Waals surface area contributed by atoms with Crippen LogP contribution in [0, 0.1) is 11.8 Å². The fourth-order valence-electron chi connectivity index (χ4n) is 3.63. The Morgan fingerprint density at radius 2 is 1.90 bits per heavy atom. The summed E-state index contributed by atoms with van der Waals surface area (Å²) < 4.78 is 5.89. The van der Waals surface area contributed by atoms with Gasteiger partial charge >= 0.3 is 0 Å². The van der Waals surface area contributed by atoms with Gasteiger partial charge in [0.25, 0.3) is 0 Å². The van der Waals surface area contributed by atoms with Crippen molar-refractivity contribution in [1.82, 2.24) is 4.90 Å². The summed E-state index contributed by atoms with van der Waals surface area (Å²) >= 11 is 0. The zero-order chi connectivity index (χ0) is 14.1. The number of likely N-dealkylation sites (tertiary alicyclic amines) is 1. The van der Waals surface area contributed by atoms with E-state index < -0.39 is 0 Å². The molecule has 1 aromatic carbocycles. The molecule has 0 saturated carbocycles. The molecule has 108 valence electrons. The zero-order valence-electron chi connectivity index (χ0n) is 12.4. The molecule has 0 spiro atoms. The molecule has 2 aromatic rings. The van der Waals surface area contributed by atoms with Crippen molar-refractivity contribution in [2.24, 2.45) is 17.6 Å². The molecular weight excluding hydrogens is 248 g/mol. The van der Waals surface area contributed by atoms with Crippen molar-refractivity contribution in [2.45, 2.75) is 33.4 Å². The van der Waals surface area contributed by atoms with Crippen LogP contribution >= 0.6 is 0 Å². The minimum absolute atomic E-state index is 0.475. The van der Waals surface area contributed by atoms with Crippen molar-refractivity contribution in [3.8, 4) is 0 Å². The van der Waals surface area contributed by atoms with E-state index in [9.17, 15) is 0 Å². The Morgan fingerprint density at radius 3 is 2.60 bits per heavy atom. The van der Waals surface area contributed by atoms with Gasteiger partial charge in [0.05, 0.1) is 6.54 Å². The van der Waals surface area contributed by atoms with E-state index in [1.165, 1.54) is 30.5 Å². The molecule has 1 fully saturated rings. The Hall–Kier alpha value is -1.32. The van der Waals surface area contributed by atoms with Gasteiger partial charge in [0.1, 0.15) is 11.3 Å². The van der Waals surface area contributed by atoms with Gasteiger partial charge in [-0.3, -0.25) is 4.90 Å². The maximum Gasteiger partial charge on any atom is 0.134 e. The van der Waals surface area contributed by atoms with E-state index in [0.717, 1.165) is 29.7 Å². The second-order valence-corrected chi connectivity index (χ2v) is 6.34. The van der Waals surface area contributed by atoms with Crippen molar-refractivity contribution in [3.05, 3.63) is 35.6 Å². The van der Waals surface area contributed by atoms with Crippen molar-refractivity contribution in [3.63, 3.8) is 0 Å². The summed E-state index contributed by atoms with van der Waals surface area (Å²) in [6.45, 7) is 8.48. The molecule has 1 aromatic heterocycles. The Labute approximate surface area is 120 Å². The highest BCUT2D eigenvalue weighted by Crippen LogP contribution is 2.29. The van der Waals surface area contributed by atoms with Crippen molar-refractivity contribution >= 4 is 11.0 Å². The number of hydrogen-bond acceptors (Lipinski definition) is 3. The maximum atomic E-state index is 5.89. The van der Waals surface area contributed by atoms with E-state index in [4.69, 9.17) is 10.2 Å². The van der Waals surface area contributed by atoms with Crippen molar-refractivity contribution in [1.29, 1.82) is 0 Å². The number of fused-ring (bicyclic) bond motifs is 1. The molecule has 3 heteroatoms. The molecule has 0 aliphatic carbocycles. The summed E-state index contributed by atoms with van der Waals surface area (Å²) in [7, 11) is 0. The maximum absolute atomic E-state index is 5.89. The van der Waals surface area contributed by atoms with Gasteiger partial charge in [-0.1, -0.05) is 32.0 Å². The molecule has 1 saturated heterocycles. The van der Waals surface area contributed by atoms with Crippen LogP contribution < -0.4 is 5.73 Å². The van der Waals surface area contributed by atoms with Crippen LogP contribution in [0.4, 0.5) is 0 Å². The third-order valence-corrected chi connectivity index (χ3v) is 4.29. The first-order chi connectivity index (χ1) is 9.67. The number of furan rings is 1. The predicted molar refractivity (Wildman–Crippen MR) is 82.3 cm³/mol. The summed E-state index contributed by atoms with van der Waals surface area (Å²) in [6, 6.07) is 8.26. The number of rotatable bonds is 3. The molecule has 0 amide bonds. The average Bonchev–Trinajstić information content (AvgIpc) is 2.76. The van der Waals surface area contributed by atoms with Crippen LogP contribution in [0.15, 0.2) is 28.7 Å². The number of benzene rings is 1. The summed E-state index contributed by atoms with van der Waals surface area (Å²) in [6.07, 6.45) is 1.34. The lowest BCUT2D eigenvalue weighted by Crippen LogP contribution is -2.38. The third kappa shape index (κ3) is 2.60. The number of nitrogens with two attached hydrogens (primary N) is 1. The highest BCUT2D eigenvalue weighted by molar-refractivity contribution is 5.82. The summed E-state index contributed by atoms with van der Waals surface area (Å²) in [5.41, 5.74) is 8.10. The number of para-hydroxylation sites is 1. The van der Waals surface area contributed by atoms with Crippen LogP contribution in [0.3, 0.4) is 0 Å². The van der Waals surface area contributed by atoms with E-state index in [2.05, 4.69) is 30.9 Å². The molecule has 3 nitrogen and oxygen atoms in total. The first kappa shape index (κ1) is 13.7. The van der Waals surface area contributed by atoms with E-state index in [1.54, 1.807) is 0 Å². The van der Waals surface area contributed by atoms with E-state index in [0.29, 0.717) is 6.54 Å². The molecule has 1 aliphatic rings.